The fourth-order valence-corrected chi connectivity index (χ4v) is 2.47. The SMILES string of the molecule is CN=C(NCCc1ccccc1F)NCc1ccc2c(c1)OCO2. The average Bonchev–Trinajstić information content (AvgIpc) is 3.07. The highest BCUT2D eigenvalue weighted by atomic mass is 19.1. The largest absolute Gasteiger partial charge is 0.454 e. The van der Waals surface area contributed by atoms with Crippen LogP contribution in [0.3, 0.4) is 0 Å². The summed E-state index contributed by atoms with van der Waals surface area (Å²) in [5.74, 6) is 2.02. The van der Waals surface area contributed by atoms with Crippen molar-refractivity contribution >= 4 is 5.96 Å². The second kappa shape index (κ2) is 7.68. The van der Waals surface area contributed by atoms with Gasteiger partial charge < -0.3 is 20.1 Å². The van der Waals surface area contributed by atoms with E-state index in [4.69, 9.17) is 9.47 Å². The van der Waals surface area contributed by atoms with Gasteiger partial charge in [-0.1, -0.05) is 24.3 Å². The first-order valence-electron chi connectivity index (χ1n) is 7.82. The number of ether oxygens (including phenoxy) is 2. The van der Waals surface area contributed by atoms with Gasteiger partial charge in [0.15, 0.2) is 17.5 Å². The van der Waals surface area contributed by atoms with E-state index < -0.39 is 0 Å². The van der Waals surface area contributed by atoms with Crippen molar-refractivity contribution in [3.05, 3.63) is 59.4 Å². The van der Waals surface area contributed by atoms with Crippen LogP contribution >= 0.6 is 0 Å². The highest BCUT2D eigenvalue weighted by Crippen LogP contribution is 2.32. The minimum absolute atomic E-state index is 0.178. The van der Waals surface area contributed by atoms with E-state index in [1.807, 2.05) is 24.3 Å². The highest BCUT2D eigenvalue weighted by molar-refractivity contribution is 5.79. The molecule has 1 aliphatic rings. The summed E-state index contributed by atoms with van der Waals surface area (Å²) in [5, 5.41) is 6.41. The van der Waals surface area contributed by atoms with E-state index in [1.54, 1.807) is 19.2 Å². The lowest BCUT2D eigenvalue weighted by Crippen LogP contribution is -2.37. The third kappa shape index (κ3) is 3.95. The average molecular weight is 329 g/mol. The minimum Gasteiger partial charge on any atom is -0.454 e. The third-order valence-electron chi connectivity index (χ3n) is 3.77. The van der Waals surface area contributed by atoms with Crippen LogP contribution in [0.4, 0.5) is 4.39 Å². The van der Waals surface area contributed by atoms with E-state index in [0.29, 0.717) is 31.0 Å². The molecule has 0 saturated carbocycles. The number of fused-ring (bicyclic) bond motifs is 1. The molecule has 1 aliphatic heterocycles. The van der Waals surface area contributed by atoms with Crippen LogP contribution in [0.15, 0.2) is 47.5 Å². The van der Waals surface area contributed by atoms with E-state index in [-0.39, 0.29) is 12.6 Å². The zero-order chi connectivity index (χ0) is 16.8. The summed E-state index contributed by atoms with van der Waals surface area (Å²) in [7, 11) is 1.71. The van der Waals surface area contributed by atoms with Gasteiger partial charge in [-0.05, 0) is 35.7 Å². The van der Waals surface area contributed by atoms with E-state index in [0.717, 1.165) is 17.1 Å². The number of hydrogen-bond donors (Lipinski definition) is 2. The van der Waals surface area contributed by atoms with Gasteiger partial charge in [-0.3, -0.25) is 4.99 Å². The van der Waals surface area contributed by atoms with Gasteiger partial charge in [-0.15, -0.1) is 0 Å². The normalized spacial score (nSPS) is 13.0. The number of halogens is 1. The number of hydrogen-bond acceptors (Lipinski definition) is 3. The maximum Gasteiger partial charge on any atom is 0.231 e. The maximum atomic E-state index is 13.6. The van der Waals surface area contributed by atoms with E-state index >= 15 is 0 Å². The quantitative estimate of drug-likeness (QED) is 0.654. The number of aliphatic imine (C=N–C) groups is 1. The van der Waals surface area contributed by atoms with Crippen LogP contribution in [-0.2, 0) is 13.0 Å². The second-order valence-corrected chi connectivity index (χ2v) is 5.38. The van der Waals surface area contributed by atoms with Crippen LogP contribution in [0.2, 0.25) is 0 Å². The Morgan fingerprint density at radius 3 is 2.79 bits per heavy atom. The first-order chi connectivity index (χ1) is 11.8. The van der Waals surface area contributed by atoms with Crippen LogP contribution in [-0.4, -0.2) is 26.3 Å². The maximum absolute atomic E-state index is 13.6. The Kier molecular flexibility index (Phi) is 5.15. The Morgan fingerprint density at radius 1 is 1.12 bits per heavy atom. The number of guanidine groups is 1. The summed E-state index contributed by atoms with van der Waals surface area (Å²) in [5.41, 5.74) is 1.76. The molecule has 126 valence electrons. The standard InChI is InChI=1S/C18H20FN3O2/c1-20-18(21-9-8-14-4-2-3-5-15(14)19)22-11-13-6-7-16-17(10-13)24-12-23-16/h2-7,10H,8-9,11-12H2,1H3,(H2,20,21,22). The molecule has 0 aliphatic carbocycles. The first kappa shape index (κ1) is 16.1. The molecule has 0 amide bonds. The molecule has 6 heteroatoms. The predicted molar refractivity (Wildman–Crippen MR) is 90.9 cm³/mol. The molecule has 2 aromatic rings. The van der Waals surface area contributed by atoms with Gasteiger partial charge in [0.1, 0.15) is 5.82 Å². The zero-order valence-electron chi connectivity index (χ0n) is 13.5. The van der Waals surface area contributed by atoms with Crippen LogP contribution < -0.4 is 20.1 Å². The van der Waals surface area contributed by atoms with Crippen molar-refractivity contribution < 1.29 is 13.9 Å². The minimum atomic E-state index is -0.178. The summed E-state index contributed by atoms with van der Waals surface area (Å²) in [4.78, 5) is 4.17. The number of rotatable bonds is 5. The molecule has 24 heavy (non-hydrogen) atoms. The van der Waals surface area contributed by atoms with Crippen molar-refractivity contribution in [2.24, 2.45) is 4.99 Å². The molecule has 2 N–H and O–H groups in total. The lowest BCUT2D eigenvalue weighted by atomic mass is 10.1. The van der Waals surface area contributed by atoms with Crippen molar-refractivity contribution in [1.82, 2.24) is 10.6 Å². The van der Waals surface area contributed by atoms with E-state index in [9.17, 15) is 4.39 Å². The van der Waals surface area contributed by atoms with Gasteiger partial charge in [0.2, 0.25) is 6.79 Å². The van der Waals surface area contributed by atoms with Gasteiger partial charge in [0, 0.05) is 20.1 Å². The van der Waals surface area contributed by atoms with Gasteiger partial charge in [0.05, 0.1) is 0 Å². The van der Waals surface area contributed by atoms with Crippen molar-refractivity contribution in [2.45, 2.75) is 13.0 Å². The molecule has 0 saturated heterocycles. The predicted octanol–water partition coefficient (Wildman–Crippen LogP) is 2.46. The molecule has 0 unspecified atom stereocenters. The molecule has 2 aromatic carbocycles. The Hall–Kier alpha value is -2.76. The van der Waals surface area contributed by atoms with E-state index in [1.165, 1.54) is 6.07 Å². The van der Waals surface area contributed by atoms with E-state index in [2.05, 4.69) is 15.6 Å². The van der Waals surface area contributed by atoms with Crippen LogP contribution in [0.1, 0.15) is 11.1 Å². The smallest absolute Gasteiger partial charge is 0.231 e. The highest BCUT2D eigenvalue weighted by Gasteiger charge is 2.13. The monoisotopic (exact) mass is 329 g/mol. The summed E-state index contributed by atoms with van der Waals surface area (Å²) in [6, 6.07) is 12.6. The molecule has 0 aromatic heterocycles. The van der Waals surface area contributed by atoms with Gasteiger partial charge >= 0.3 is 0 Å². The molecule has 5 nitrogen and oxygen atoms in total. The van der Waals surface area contributed by atoms with Crippen LogP contribution in [0.25, 0.3) is 0 Å². The van der Waals surface area contributed by atoms with Crippen molar-refractivity contribution in [3.8, 4) is 11.5 Å². The second-order valence-electron chi connectivity index (χ2n) is 5.38. The Labute approximate surface area is 140 Å². The molecule has 0 radical (unpaired) electrons. The van der Waals surface area contributed by atoms with Gasteiger partial charge in [-0.25, -0.2) is 4.39 Å². The molecule has 1 heterocycles. The molecule has 0 bridgehead atoms. The molecular weight excluding hydrogens is 309 g/mol. The Morgan fingerprint density at radius 2 is 1.96 bits per heavy atom. The van der Waals surface area contributed by atoms with Crippen LogP contribution in [0.5, 0.6) is 11.5 Å². The Balaban J connectivity index is 1.48. The summed E-state index contributed by atoms with van der Waals surface area (Å²) in [6.07, 6.45) is 0.595. The van der Waals surface area contributed by atoms with Crippen LogP contribution in [0, 0.1) is 5.82 Å². The summed E-state index contributed by atoms with van der Waals surface area (Å²) < 4.78 is 24.2. The first-order valence-corrected chi connectivity index (χ1v) is 7.82. The lowest BCUT2D eigenvalue weighted by molar-refractivity contribution is 0.174. The molecule has 3 rings (SSSR count). The molecule has 0 atom stereocenters. The van der Waals surface area contributed by atoms with Crippen molar-refractivity contribution in [1.29, 1.82) is 0 Å². The number of nitrogens with zero attached hydrogens (tertiary/aromatic N) is 1. The Bertz CT molecular complexity index is 734. The lowest BCUT2D eigenvalue weighted by Gasteiger charge is -2.12. The molecule has 0 fully saturated rings. The number of benzene rings is 2. The topological polar surface area (TPSA) is 54.9 Å². The third-order valence-corrected chi connectivity index (χ3v) is 3.77. The van der Waals surface area contributed by atoms with Gasteiger partial charge in [-0.2, -0.15) is 0 Å². The van der Waals surface area contributed by atoms with Gasteiger partial charge in [0.25, 0.3) is 0 Å². The summed E-state index contributed by atoms with van der Waals surface area (Å²) in [6.45, 7) is 1.48. The molecule has 0 spiro atoms. The van der Waals surface area contributed by atoms with Crippen molar-refractivity contribution in [2.75, 3.05) is 20.4 Å². The number of nitrogens with one attached hydrogen (secondary N) is 2. The zero-order valence-corrected chi connectivity index (χ0v) is 13.5. The molecular formula is C18H20FN3O2. The fourth-order valence-electron chi connectivity index (χ4n) is 2.47. The summed E-state index contributed by atoms with van der Waals surface area (Å²) >= 11 is 0. The van der Waals surface area contributed by atoms with Crippen molar-refractivity contribution in [3.63, 3.8) is 0 Å². The fraction of sp³-hybridized carbons (Fsp3) is 0.278.